The predicted molar refractivity (Wildman–Crippen MR) is 82.4 cm³/mol. The van der Waals surface area contributed by atoms with Crippen molar-refractivity contribution >= 4 is 15.9 Å². The third-order valence-electron chi connectivity index (χ3n) is 4.75. The van der Waals surface area contributed by atoms with Crippen LogP contribution in [0.5, 0.6) is 0 Å². The van der Waals surface area contributed by atoms with E-state index in [0.717, 1.165) is 25.9 Å². The molecule has 3 atom stereocenters. The highest BCUT2D eigenvalue weighted by molar-refractivity contribution is 7.88. The second-order valence-corrected chi connectivity index (χ2v) is 8.69. The van der Waals surface area contributed by atoms with E-state index in [4.69, 9.17) is 0 Å². The van der Waals surface area contributed by atoms with Crippen LogP contribution in [0.3, 0.4) is 0 Å². The number of rotatable bonds is 3. The minimum absolute atomic E-state index is 0.125. The summed E-state index contributed by atoms with van der Waals surface area (Å²) in [6.45, 7) is 4.58. The Balaban J connectivity index is 2.01. The van der Waals surface area contributed by atoms with Gasteiger partial charge in [-0.1, -0.05) is 6.92 Å². The molecule has 0 bridgehead atoms. The summed E-state index contributed by atoms with van der Waals surface area (Å²) < 4.78 is 24.8. The Morgan fingerprint density at radius 2 is 1.86 bits per heavy atom. The standard InChI is InChI=1S/C14H27N3O3S/c1-11-8-16(10-13(11)15(2)3)14(18)12-6-5-7-17(9-12)21(4,19)20/h11-13H,5-10H2,1-4H3/t11-,12-,13-/m1/s1. The summed E-state index contributed by atoms with van der Waals surface area (Å²) in [6.07, 6.45) is 2.78. The highest BCUT2D eigenvalue weighted by Crippen LogP contribution is 2.26. The first-order valence-corrected chi connectivity index (χ1v) is 9.45. The quantitative estimate of drug-likeness (QED) is 0.739. The Morgan fingerprint density at radius 1 is 1.19 bits per heavy atom. The van der Waals surface area contributed by atoms with Gasteiger partial charge in [-0.15, -0.1) is 0 Å². The lowest BCUT2D eigenvalue weighted by molar-refractivity contribution is -0.135. The Labute approximate surface area is 128 Å². The van der Waals surface area contributed by atoms with E-state index in [-0.39, 0.29) is 11.8 Å². The number of hydrogen-bond acceptors (Lipinski definition) is 4. The fraction of sp³-hybridized carbons (Fsp3) is 0.929. The van der Waals surface area contributed by atoms with Gasteiger partial charge in [-0.2, -0.15) is 0 Å². The summed E-state index contributed by atoms with van der Waals surface area (Å²) in [7, 11) is 0.889. The molecule has 2 heterocycles. The zero-order valence-corrected chi connectivity index (χ0v) is 14.3. The van der Waals surface area contributed by atoms with Gasteiger partial charge in [-0.25, -0.2) is 12.7 Å². The fourth-order valence-corrected chi connectivity index (χ4v) is 4.42. The van der Waals surface area contributed by atoms with E-state index in [1.54, 1.807) is 0 Å². The van der Waals surface area contributed by atoms with Crippen molar-refractivity contribution in [2.75, 3.05) is 46.5 Å². The topological polar surface area (TPSA) is 60.9 Å². The number of likely N-dealkylation sites (tertiary alicyclic amines) is 1. The summed E-state index contributed by atoms with van der Waals surface area (Å²) in [5, 5.41) is 0. The number of hydrogen-bond donors (Lipinski definition) is 0. The van der Waals surface area contributed by atoms with Crippen molar-refractivity contribution in [3.8, 4) is 0 Å². The Morgan fingerprint density at radius 3 is 2.38 bits per heavy atom. The molecule has 0 unspecified atom stereocenters. The fourth-order valence-electron chi connectivity index (χ4n) is 3.51. The number of carbonyl (C=O) groups excluding carboxylic acids is 1. The minimum atomic E-state index is -3.20. The lowest BCUT2D eigenvalue weighted by atomic mass is 9.98. The van der Waals surface area contributed by atoms with Crippen molar-refractivity contribution in [1.29, 1.82) is 0 Å². The molecule has 0 N–H and O–H groups in total. The van der Waals surface area contributed by atoms with Crippen molar-refractivity contribution in [2.24, 2.45) is 11.8 Å². The SMILES string of the molecule is C[C@@H]1CN(C(=O)[C@@H]2CCCN(S(C)(=O)=O)C2)C[C@H]1N(C)C. The van der Waals surface area contributed by atoms with E-state index in [9.17, 15) is 13.2 Å². The van der Waals surface area contributed by atoms with Gasteiger partial charge in [0.15, 0.2) is 0 Å². The van der Waals surface area contributed by atoms with Crippen LogP contribution in [0.2, 0.25) is 0 Å². The minimum Gasteiger partial charge on any atom is -0.341 e. The number of amides is 1. The Bertz CT molecular complexity index is 492. The smallest absolute Gasteiger partial charge is 0.227 e. The highest BCUT2D eigenvalue weighted by atomic mass is 32.2. The second-order valence-electron chi connectivity index (χ2n) is 6.71. The molecule has 0 aromatic heterocycles. The molecule has 7 heteroatoms. The summed E-state index contributed by atoms with van der Waals surface area (Å²) in [5.41, 5.74) is 0. The van der Waals surface area contributed by atoms with Crippen molar-refractivity contribution < 1.29 is 13.2 Å². The zero-order valence-electron chi connectivity index (χ0n) is 13.4. The molecule has 2 aliphatic heterocycles. The molecule has 2 aliphatic rings. The molecule has 2 fully saturated rings. The largest absolute Gasteiger partial charge is 0.341 e. The molecule has 21 heavy (non-hydrogen) atoms. The second kappa shape index (κ2) is 6.22. The van der Waals surface area contributed by atoms with Crippen LogP contribution in [-0.2, 0) is 14.8 Å². The van der Waals surface area contributed by atoms with Crippen LogP contribution >= 0.6 is 0 Å². The van der Waals surface area contributed by atoms with Gasteiger partial charge in [0.2, 0.25) is 15.9 Å². The van der Waals surface area contributed by atoms with Gasteiger partial charge >= 0.3 is 0 Å². The van der Waals surface area contributed by atoms with Gasteiger partial charge in [-0.3, -0.25) is 4.79 Å². The van der Waals surface area contributed by atoms with Crippen LogP contribution in [0.25, 0.3) is 0 Å². The van der Waals surface area contributed by atoms with Crippen molar-refractivity contribution in [3.63, 3.8) is 0 Å². The first kappa shape index (κ1) is 16.7. The van der Waals surface area contributed by atoms with Crippen molar-refractivity contribution in [2.45, 2.75) is 25.8 Å². The van der Waals surface area contributed by atoms with Crippen LogP contribution in [0.15, 0.2) is 0 Å². The maximum Gasteiger partial charge on any atom is 0.227 e. The molecule has 0 spiro atoms. The first-order valence-electron chi connectivity index (χ1n) is 7.60. The number of piperidine rings is 1. The molecule has 2 saturated heterocycles. The molecular weight excluding hydrogens is 290 g/mol. The zero-order chi connectivity index (χ0) is 15.8. The highest BCUT2D eigenvalue weighted by Gasteiger charge is 2.38. The third-order valence-corrected chi connectivity index (χ3v) is 6.02. The van der Waals surface area contributed by atoms with Crippen LogP contribution < -0.4 is 0 Å². The van der Waals surface area contributed by atoms with E-state index in [2.05, 4.69) is 11.8 Å². The molecule has 0 saturated carbocycles. The van der Waals surface area contributed by atoms with Gasteiger partial charge in [0.05, 0.1) is 12.2 Å². The summed E-state index contributed by atoms with van der Waals surface area (Å²) >= 11 is 0. The molecule has 0 aliphatic carbocycles. The normalized spacial score (nSPS) is 31.9. The summed E-state index contributed by atoms with van der Waals surface area (Å²) in [5.74, 6) is 0.402. The van der Waals surface area contributed by atoms with Crippen molar-refractivity contribution in [3.05, 3.63) is 0 Å². The number of nitrogens with zero attached hydrogens (tertiary/aromatic N) is 3. The first-order chi connectivity index (χ1) is 9.70. The number of carbonyl (C=O) groups is 1. The van der Waals surface area contributed by atoms with Gasteiger partial charge in [0.1, 0.15) is 0 Å². The molecule has 6 nitrogen and oxygen atoms in total. The molecule has 0 aromatic rings. The van der Waals surface area contributed by atoms with Crippen LogP contribution in [-0.4, -0.2) is 81.0 Å². The van der Waals surface area contributed by atoms with Gasteiger partial charge in [0.25, 0.3) is 0 Å². The van der Waals surface area contributed by atoms with Gasteiger partial charge in [-0.05, 0) is 32.9 Å². The van der Waals surface area contributed by atoms with Crippen LogP contribution in [0.1, 0.15) is 19.8 Å². The number of likely N-dealkylation sites (N-methyl/N-ethyl adjacent to an activating group) is 1. The van der Waals surface area contributed by atoms with Crippen molar-refractivity contribution in [1.82, 2.24) is 14.1 Å². The van der Waals surface area contributed by atoms with Gasteiger partial charge < -0.3 is 9.80 Å². The van der Waals surface area contributed by atoms with E-state index < -0.39 is 10.0 Å². The molecular formula is C14H27N3O3S. The molecule has 0 aromatic carbocycles. The van der Waals surface area contributed by atoms with Crippen LogP contribution in [0.4, 0.5) is 0 Å². The Kier molecular flexibility index (Phi) is 4.95. The maximum absolute atomic E-state index is 12.7. The Hall–Kier alpha value is -0.660. The average Bonchev–Trinajstić information content (AvgIpc) is 2.79. The van der Waals surface area contributed by atoms with E-state index in [1.165, 1.54) is 10.6 Å². The van der Waals surface area contributed by atoms with E-state index >= 15 is 0 Å². The molecule has 1 amide bonds. The van der Waals surface area contributed by atoms with E-state index in [1.807, 2.05) is 19.0 Å². The maximum atomic E-state index is 12.7. The number of sulfonamides is 1. The molecule has 2 rings (SSSR count). The summed E-state index contributed by atoms with van der Waals surface area (Å²) in [6, 6.07) is 0.392. The van der Waals surface area contributed by atoms with Gasteiger partial charge in [0, 0.05) is 32.2 Å². The molecule has 0 radical (unpaired) electrons. The van der Waals surface area contributed by atoms with E-state index in [0.29, 0.717) is 25.0 Å². The average molecular weight is 317 g/mol. The predicted octanol–water partition coefficient (Wildman–Crippen LogP) is 0.0665. The lowest BCUT2D eigenvalue weighted by Gasteiger charge is -2.32. The lowest BCUT2D eigenvalue weighted by Crippen LogP contribution is -2.46. The summed E-state index contributed by atoms with van der Waals surface area (Å²) in [4.78, 5) is 16.8. The van der Waals surface area contributed by atoms with Crippen LogP contribution in [0, 0.1) is 11.8 Å². The monoisotopic (exact) mass is 317 g/mol. The third kappa shape index (κ3) is 3.76. The molecule has 122 valence electrons.